The number of nitrogens with zero attached hydrogens (tertiary/aromatic N) is 1. The minimum absolute atomic E-state index is 0.137. The predicted octanol–water partition coefficient (Wildman–Crippen LogP) is 1.89. The van der Waals surface area contributed by atoms with Gasteiger partial charge in [0, 0.05) is 18.3 Å². The van der Waals surface area contributed by atoms with Crippen molar-refractivity contribution in [2.45, 2.75) is 19.3 Å². The van der Waals surface area contributed by atoms with E-state index in [0.717, 1.165) is 0 Å². The summed E-state index contributed by atoms with van der Waals surface area (Å²) in [7, 11) is 0. The van der Waals surface area contributed by atoms with Crippen LogP contribution in [0.5, 0.6) is 0 Å². The minimum atomic E-state index is -0.810. The molecule has 16 heavy (non-hydrogen) atoms. The zero-order valence-corrected chi connectivity index (χ0v) is 10.8. The van der Waals surface area contributed by atoms with Crippen LogP contribution in [0.25, 0.3) is 0 Å². The molecule has 0 radical (unpaired) electrons. The van der Waals surface area contributed by atoms with Crippen molar-refractivity contribution in [1.29, 1.82) is 0 Å². The Bertz CT molecular complexity index is 381. The van der Waals surface area contributed by atoms with Crippen LogP contribution in [0.4, 0.5) is 0 Å². The topological polar surface area (TPSA) is 79.3 Å². The number of carboxylic acid groups (broad SMARTS) is 1. The molecule has 0 saturated heterocycles. The van der Waals surface area contributed by atoms with Gasteiger partial charge in [0.1, 0.15) is 5.69 Å². The summed E-state index contributed by atoms with van der Waals surface area (Å²) in [6.45, 7) is 0.473. The van der Waals surface area contributed by atoms with Crippen molar-refractivity contribution in [3.05, 3.63) is 15.0 Å². The fourth-order valence-corrected chi connectivity index (χ4v) is 2.04. The molecule has 0 bridgehead atoms. The maximum atomic E-state index is 11.5. The predicted molar refractivity (Wildman–Crippen MR) is 63.6 cm³/mol. The Balaban J connectivity index is 2.18. The Kier molecular flexibility index (Phi) is 5.41. The lowest BCUT2D eigenvalue weighted by Gasteiger charge is -2.01. The van der Waals surface area contributed by atoms with Crippen LogP contribution < -0.4 is 5.32 Å². The Labute approximate surface area is 105 Å². The van der Waals surface area contributed by atoms with Crippen LogP contribution >= 0.6 is 27.3 Å². The van der Waals surface area contributed by atoms with E-state index < -0.39 is 5.97 Å². The fraction of sp³-hybridized carbons (Fsp3) is 0.444. The lowest BCUT2D eigenvalue weighted by molar-refractivity contribution is -0.137. The number of nitrogens with one attached hydrogen (secondary N) is 1. The van der Waals surface area contributed by atoms with Gasteiger partial charge in [-0.1, -0.05) is 0 Å². The maximum absolute atomic E-state index is 11.5. The standard InChI is InChI=1S/C9H11BrN2O3S/c10-9-12-6(5-16-9)8(15)11-4-2-1-3-7(13)14/h5H,1-4H2,(H,11,15)(H,13,14). The van der Waals surface area contributed by atoms with Crippen molar-refractivity contribution in [2.75, 3.05) is 6.54 Å². The first-order valence-electron chi connectivity index (χ1n) is 4.70. The molecular formula is C9H11BrN2O3S. The van der Waals surface area contributed by atoms with Crippen LogP contribution in [-0.4, -0.2) is 28.5 Å². The summed E-state index contributed by atoms with van der Waals surface area (Å²) in [6.07, 6.45) is 1.36. The number of carboxylic acids is 1. The fourth-order valence-electron chi connectivity index (χ4n) is 1.05. The van der Waals surface area contributed by atoms with E-state index in [1.807, 2.05) is 0 Å². The molecule has 7 heteroatoms. The van der Waals surface area contributed by atoms with E-state index in [1.54, 1.807) is 5.38 Å². The Morgan fingerprint density at radius 1 is 1.50 bits per heavy atom. The summed E-state index contributed by atoms with van der Waals surface area (Å²) in [5, 5.41) is 12.7. The third kappa shape index (κ3) is 4.71. The Morgan fingerprint density at radius 2 is 2.25 bits per heavy atom. The van der Waals surface area contributed by atoms with Crippen LogP contribution in [0.2, 0.25) is 0 Å². The van der Waals surface area contributed by atoms with Gasteiger partial charge in [0.25, 0.3) is 5.91 Å². The van der Waals surface area contributed by atoms with Crippen molar-refractivity contribution in [1.82, 2.24) is 10.3 Å². The number of thiazole rings is 1. The van der Waals surface area contributed by atoms with Crippen molar-refractivity contribution in [2.24, 2.45) is 0 Å². The number of unbranched alkanes of at least 4 members (excludes halogenated alkanes) is 1. The third-order valence-corrected chi connectivity index (χ3v) is 3.18. The Hall–Kier alpha value is -0.950. The number of hydrogen-bond acceptors (Lipinski definition) is 4. The van der Waals surface area contributed by atoms with Gasteiger partial charge in [0.15, 0.2) is 3.92 Å². The summed E-state index contributed by atoms with van der Waals surface area (Å²) < 4.78 is 0.670. The first-order valence-corrected chi connectivity index (χ1v) is 6.38. The molecular weight excluding hydrogens is 296 g/mol. The van der Waals surface area contributed by atoms with E-state index in [0.29, 0.717) is 29.0 Å². The molecule has 0 aliphatic heterocycles. The van der Waals surface area contributed by atoms with E-state index in [2.05, 4.69) is 26.2 Å². The van der Waals surface area contributed by atoms with E-state index in [1.165, 1.54) is 11.3 Å². The molecule has 1 heterocycles. The van der Waals surface area contributed by atoms with Crippen molar-refractivity contribution in [3.8, 4) is 0 Å². The molecule has 5 nitrogen and oxygen atoms in total. The van der Waals surface area contributed by atoms with Crippen molar-refractivity contribution in [3.63, 3.8) is 0 Å². The van der Waals surface area contributed by atoms with Gasteiger partial charge in [0.2, 0.25) is 0 Å². The molecule has 1 rings (SSSR count). The van der Waals surface area contributed by atoms with Gasteiger partial charge in [-0.2, -0.15) is 0 Å². The monoisotopic (exact) mass is 306 g/mol. The lowest BCUT2D eigenvalue weighted by Crippen LogP contribution is -2.24. The van der Waals surface area contributed by atoms with Gasteiger partial charge in [-0.15, -0.1) is 11.3 Å². The molecule has 0 aromatic carbocycles. The molecule has 0 aliphatic carbocycles. The highest BCUT2D eigenvalue weighted by molar-refractivity contribution is 9.11. The average Bonchev–Trinajstić information content (AvgIpc) is 2.63. The molecule has 88 valence electrons. The SMILES string of the molecule is O=C(O)CCCCNC(=O)c1csc(Br)n1. The summed E-state index contributed by atoms with van der Waals surface area (Å²) >= 11 is 4.52. The number of halogens is 1. The van der Waals surface area contributed by atoms with Gasteiger partial charge >= 0.3 is 5.97 Å². The number of carbonyl (C=O) groups is 2. The number of aliphatic carboxylic acids is 1. The number of carbonyl (C=O) groups excluding carboxylic acids is 1. The summed E-state index contributed by atoms with van der Waals surface area (Å²) in [6, 6.07) is 0. The Morgan fingerprint density at radius 3 is 2.81 bits per heavy atom. The van der Waals surface area contributed by atoms with Gasteiger partial charge in [0.05, 0.1) is 0 Å². The number of hydrogen-bond donors (Lipinski definition) is 2. The van der Waals surface area contributed by atoms with Crippen LogP contribution in [-0.2, 0) is 4.79 Å². The highest BCUT2D eigenvalue weighted by atomic mass is 79.9. The number of amides is 1. The molecule has 2 N–H and O–H groups in total. The molecule has 1 amide bonds. The smallest absolute Gasteiger partial charge is 0.303 e. The van der Waals surface area contributed by atoms with Crippen LogP contribution in [0, 0.1) is 0 Å². The summed E-state index contributed by atoms with van der Waals surface area (Å²) in [4.78, 5) is 25.6. The van der Waals surface area contributed by atoms with E-state index in [4.69, 9.17) is 5.11 Å². The zero-order chi connectivity index (χ0) is 12.0. The molecule has 1 aromatic rings. The maximum Gasteiger partial charge on any atom is 0.303 e. The van der Waals surface area contributed by atoms with Gasteiger partial charge in [-0.05, 0) is 28.8 Å². The number of aromatic nitrogens is 1. The molecule has 0 saturated carbocycles. The van der Waals surface area contributed by atoms with Crippen molar-refractivity contribution >= 4 is 39.1 Å². The highest BCUT2D eigenvalue weighted by Gasteiger charge is 2.08. The van der Waals surface area contributed by atoms with Crippen LogP contribution in [0.15, 0.2) is 9.30 Å². The quantitative estimate of drug-likeness (QED) is 0.787. The second kappa shape index (κ2) is 6.59. The largest absolute Gasteiger partial charge is 0.481 e. The van der Waals surface area contributed by atoms with Gasteiger partial charge in [-0.3, -0.25) is 9.59 Å². The normalized spacial score (nSPS) is 10.1. The van der Waals surface area contributed by atoms with E-state index in [9.17, 15) is 9.59 Å². The molecule has 0 fully saturated rings. The molecule has 0 aliphatic rings. The first-order chi connectivity index (χ1) is 7.59. The zero-order valence-electron chi connectivity index (χ0n) is 8.40. The lowest BCUT2D eigenvalue weighted by atomic mass is 10.2. The average molecular weight is 307 g/mol. The number of rotatable bonds is 6. The van der Waals surface area contributed by atoms with Gasteiger partial charge < -0.3 is 10.4 Å². The highest BCUT2D eigenvalue weighted by Crippen LogP contribution is 2.15. The van der Waals surface area contributed by atoms with E-state index in [-0.39, 0.29) is 12.3 Å². The second-order valence-electron chi connectivity index (χ2n) is 3.09. The van der Waals surface area contributed by atoms with Gasteiger partial charge in [-0.25, -0.2) is 4.98 Å². The van der Waals surface area contributed by atoms with Crippen LogP contribution in [0.1, 0.15) is 29.8 Å². The summed E-state index contributed by atoms with van der Waals surface area (Å²) in [5.74, 6) is -1.04. The van der Waals surface area contributed by atoms with Crippen molar-refractivity contribution < 1.29 is 14.7 Å². The molecule has 0 unspecified atom stereocenters. The molecule has 0 spiro atoms. The first kappa shape index (κ1) is 13.1. The molecule has 1 aromatic heterocycles. The third-order valence-electron chi connectivity index (χ3n) is 1.81. The minimum Gasteiger partial charge on any atom is -0.481 e. The van der Waals surface area contributed by atoms with Crippen LogP contribution in [0.3, 0.4) is 0 Å². The molecule has 0 atom stereocenters. The second-order valence-corrected chi connectivity index (χ2v) is 5.23. The van der Waals surface area contributed by atoms with E-state index >= 15 is 0 Å². The summed E-state index contributed by atoms with van der Waals surface area (Å²) in [5.41, 5.74) is 0.384.